The number of aliphatic carboxylic acids is 1. The van der Waals surface area contributed by atoms with Crippen LogP contribution in [0.1, 0.15) is 6.92 Å². The average Bonchev–Trinajstić information content (AvgIpc) is 1.98. The van der Waals surface area contributed by atoms with Gasteiger partial charge < -0.3 is 15.0 Å². The van der Waals surface area contributed by atoms with Gasteiger partial charge in [0.25, 0.3) is 0 Å². The Balaban J connectivity index is 3.74. The van der Waals surface area contributed by atoms with E-state index in [4.69, 9.17) is 5.11 Å². The van der Waals surface area contributed by atoms with E-state index in [1.807, 2.05) is 0 Å². The standard InChI is InChI=1S/C5H8O6/c1-2-10-11-5(9)3(6)4(7)8/h3,6H,2H2,1H3,(H,7,8)/p-1. The summed E-state index contributed by atoms with van der Waals surface area (Å²) in [5.74, 6) is -3.32. The Kier molecular flexibility index (Phi) is 4.16. The van der Waals surface area contributed by atoms with Gasteiger partial charge in [0.05, 0.1) is 12.6 Å². The van der Waals surface area contributed by atoms with Crippen LogP contribution in [0.15, 0.2) is 0 Å². The normalized spacial score (nSPS) is 12.2. The highest BCUT2D eigenvalue weighted by atomic mass is 17.2. The van der Waals surface area contributed by atoms with Gasteiger partial charge in [-0.05, 0) is 6.92 Å². The van der Waals surface area contributed by atoms with Gasteiger partial charge in [-0.3, -0.25) is 4.89 Å². The maximum atomic E-state index is 10.3. The highest BCUT2D eigenvalue weighted by Crippen LogP contribution is 1.87. The Bertz CT molecular complexity index is 153. The molecule has 0 aromatic carbocycles. The Labute approximate surface area is 62.3 Å². The molecule has 0 saturated carbocycles. The first kappa shape index (κ1) is 9.86. The number of aliphatic hydroxyl groups is 1. The van der Waals surface area contributed by atoms with Gasteiger partial charge in [-0.15, -0.1) is 0 Å². The third-order valence-corrected chi connectivity index (χ3v) is 0.705. The minimum Gasteiger partial charge on any atom is -0.547 e. The van der Waals surface area contributed by atoms with Crippen molar-refractivity contribution in [1.29, 1.82) is 0 Å². The van der Waals surface area contributed by atoms with Crippen LogP contribution in [-0.4, -0.2) is 29.8 Å². The molecule has 0 spiro atoms. The van der Waals surface area contributed by atoms with Gasteiger partial charge in [-0.25, -0.2) is 4.79 Å². The lowest BCUT2D eigenvalue weighted by Gasteiger charge is -2.08. The van der Waals surface area contributed by atoms with Crippen LogP contribution in [-0.2, 0) is 19.4 Å². The number of carbonyl (C=O) groups excluding carboxylic acids is 2. The molecule has 0 aromatic rings. The summed E-state index contributed by atoms with van der Waals surface area (Å²) in [5.41, 5.74) is 0. The molecule has 0 aliphatic carbocycles. The zero-order valence-electron chi connectivity index (χ0n) is 5.77. The van der Waals surface area contributed by atoms with Crippen LogP contribution >= 0.6 is 0 Å². The zero-order valence-corrected chi connectivity index (χ0v) is 5.77. The van der Waals surface area contributed by atoms with Gasteiger partial charge in [-0.1, -0.05) is 0 Å². The van der Waals surface area contributed by atoms with E-state index in [1.54, 1.807) is 0 Å². The lowest BCUT2D eigenvalue weighted by atomic mass is 10.4. The second-order valence-electron chi connectivity index (χ2n) is 1.53. The number of carboxylic acids is 1. The van der Waals surface area contributed by atoms with Gasteiger partial charge in [-0.2, -0.15) is 4.89 Å². The van der Waals surface area contributed by atoms with Gasteiger partial charge in [0, 0.05) is 0 Å². The van der Waals surface area contributed by atoms with Gasteiger partial charge in [0.1, 0.15) is 0 Å². The number of hydrogen-bond donors (Lipinski definition) is 1. The van der Waals surface area contributed by atoms with Crippen molar-refractivity contribution in [1.82, 2.24) is 0 Å². The van der Waals surface area contributed by atoms with E-state index in [0.717, 1.165) is 0 Å². The summed E-state index contributed by atoms with van der Waals surface area (Å²) in [6.45, 7) is 1.60. The van der Waals surface area contributed by atoms with E-state index in [2.05, 4.69) is 9.78 Å². The van der Waals surface area contributed by atoms with Crippen LogP contribution in [0.25, 0.3) is 0 Å². The summed E-state index contributed by atoms with van der Waals surface area (Å²) in [5, 5.41) is 18.2. The van der Waals surface area contributed by atoms with Crippen molar-refractivity contribution in [3.63, 3.8) is 0 Å². The molecule has 0 aliphatic rings. The lowest BCUT2D eigenvalue weighted by molar-refractivity contribution is -0.320. The maximum absolute atomic E-state index is 10.3. The van der Waals surface area contributed by atoms with Crippen LogP contribution in [0.5, 0.6) is 0 Å². The van der Waals surface area contributed by atoms with Crippen molar-refractivity contribution in [3.8, 4) is 0 Å². The highest BCUT2D eigenvalue weighted by molar-refractivity contribution is 5.95. The van der Waals surface area contributed by atoms with Crippen LogP contribution in [0.2, 0.25) is 0 Å². The van der Waals surface area contributed by atoms with E-state index in [1.165, 1.54) is 6.92 Å². The van der Waals surface area contributed by atoms with Crippen molar-refractivity contribution >= 4 is 11.9 Å². The molecule has 1 unspecified atom stereocenters. The number of carbonyl (C=O) groups is 2. The SMILES string of the molecule is CCOOC(=O)C(O)C(=O)[O-]. The lowest BCUT2D eigenvalue weighted by Crippen LogP contribution is -2.41. The summed E-state index contributed by atoms with van der Waals surface area (Å²) in [7, 11) is 0. The molecule has 0 saturated heterocycles. The summed E-state index contributed by atoms with van der Waals surface area (Å²) in [4.78, 5) is 28.0. The summed E-state index contributed by atoms with van der Waals surface area (Å²) < 4.78 is 0. The van der Waals surface area contributed by atoms with Crippen molar-refractivity contribution in [3.05, 3.63) is 0 Å². The molecular weight excluding hydrogens is 156 g/mol. The molecule has 0 amide bonds. The van der Waals surface area contributed by atoms with E-state index in [9.17, 15) is 14.7 Å². The van der Waals surface area contributed by atoms with Crippen molar-refractivity contribution in [2.45, 2.75) is 13.0 Å². The summed E-state index contributed by atoms with van der Waals surface area (Å²) in [6, 6.07) is 0. The van der Waals surface area contributed by atoms with Gasteiger partial charge >= 0.3 is 5.97 Å². The summed E-state index contributed by atoms with van der Waals surface area (Å²) >= 11 is 0. The minimum absolute atomic E-state index is 0.0749. The van der Waals surface area contributed by atoms with Gasteiger partial charge in [0.2, 0.25) is 0 Å². The van der Waals surface area contributed by atoms with Crippen molar-refractivity contribution in [2.24, 2.45) is 0 Å². The summed E-state index contributed by atoms with van der Waals surface area (Å²) in [6.07, 6.45) is -2.29. The molecule has 0 aliphatic heterocycles. The predicted molar refractivity (Wildman–Crippen MR) is 28.7 cm³/mol. The molecule has 0 fully saturated rings. The number of hydrogen-bond acceptors (Lipinski definition) is 6. The third kappa shape index (κ3) is 3.54. The number of aliphatic hydroxyl groups excluding tert-OH is 1. The van der Waals surface area contributed by atoms with Crippen molar-refractivity contribution < 1.29 is 29.6 Å². The van der Waals surface area contributed by atoms with Gasteiger partial charge in [0.15, 0.2) is 6.10 Å². The van der Waals surface area contributed by atoms with E-state index >= 15 is 0 Å². The molecule has 11 heavy (non-hydrogen) atoms. The number of rotatable bonds is 4. The fraction of sp³-hybridized carbons (Fsp3) is 0.600. The quantitative estimate of drug-likeness (QED) is 0.282. The first-order chi connectivity index (χ1) is 5.09. The Hall–Kier alpha value is -1.14. The topological polar surface area (TPSA) is 95.9 Å². The fourth-order valence-electron chi connectivity index (χ4n) is 0.259. The molecule has 0 rings (SSSR count). The Morgan fingerprint density at radius 2 is 2.18 bits per heavy atom. The predicted octanol–water partition coefficient (Wildman–Crippen LogP) is -2.41. The average molecular weight is 163 g/mol. The monoisotopic (exact) mass is 163 g/mol. The van der Waals surface area contributed by atoms with Crippen molar-refractivity contribution in [2.75, 3.05) is 6.61 Å². The Morgan fingerprint density at radius 3 is 2.55 bits per heavy atom. The van der Waals surface area contributed by atoms with E-state index in [0.29, 0.717) is 0 Å². The molecule has 0 heterocycles. The molecule has 0 radical (unpaired) electrons. The fourth-order valence-corrected chi connectivity index (χ4v) is 0.259. The van der Waals surface area contributed by atoms with Crippen LogP contribution < -0.4 is 5.11 Å². The molecular formula is C5H7O6-. The molecule has 1 N–H and O–H groups in total. The first-order valence-corrected chi connectivity index (χ1v) is 2.81. The Morgan fingerprint density at radius 1 is 1.64 bits per heavy atom. The second kappa shape index (κ2) is 4.64. The third-order valence-electron chi connectivity index (χ3n) is 0.705. The first-order valence-electron chi connectivity index (χ1n) is 2.81. The van der Waals surface area contributed by atoms with E-state index in [-0.39, 0.29) is 6.61 Å². The molecule has 1 atom stereocenters. The van der Waals surface area contributed by atoms with Crippen LogP contribution in [0.3, 0.4) is 0 Å². The molecule has 6 nitrogen and oxygen atoms in total. The number of carboxylic acid groups (broad SMARTS) is 1. The van der Waals surface area contributed by atoms with E-state index < -0.39 is 18.0 Å². The van der Waals surface area contributed by atoms with Crippen LogP contribution in [0, 0.1) is 0 Å². The molecule has 6 heteroatoms. The largest absolute Gasteiger partial charge is 0.547 e. The minimum atomic E-state index is -2.29. The van der Waals surface area contributed by atoms with Crippen LogP contribution in [0.4, 0.5) is 0 Å². The molecule has 0 aromatic heterocycles. The maximum Gasteiger partial charge on any atom is 0.376 e. The molecule has 64 valence electrons. The zero-order chi connectivity index (χ0) is 8.85. The smallest absolute Gasteiger partial charge is 0.376 e. The second-order valence-corrected chi connectivity index (χ2v) is 1.53. The molecule has 0 bridgehead atoms. The highest BCUT2D eigenvalue weighted by Gasteiger charge is 2.18.